The van der Waals surface area contributed by atoms with Crippen molar-refractivity contribution in [1.29, 1.82) is 0 Å². The van der Waals surface area contributed by atoms with E-state index in [1.807, 2.05) is 4.90 Å². The second-order valence-electron chi connectivity index (χ2n) is 4.81. The average molecular weight is 380 g/mol. The van der Waals surface area contributed by atoms with Gasteiger partial charge in [-0.3, -0.25) is 4.79 Å². The van der Waals surface area contributed by atoms with Gasteiger partial charge >= 0.3 is 0 Å². The molecular formula is C14H17BrCl2N2O. The zero-order valence-corrected chi connectivity index (χ0v) is 14.2. The third-order valence-electron chi connectivity index (χ3n) is 3.44. The van der Waals surface area contributed by atoms with Gasteiger partial charge in [-0.25, -0.2) is 0 Å². The van der Waals surface area contributed by atoms with Crippen LogP contribution in [0.4, 0.5) is 0 Å². The van der Waals surface area contributed by atoms with Crippen molar-refractivity contribution in [1.82, 2.24) is 9.80 Å². The molecular weight excluding hydrogens is 363 g/mol. The van der Waals surface area contributed by atoms with Crippen molar-refractivity contribution >= 4 is 45.0 Å². The second kappa shape index (κ2) is 7.64. The number of carbonyl (C=O) groups is 1. The molecule has 3 nitrogen and oxygen atoms in total. The van der Waals surface area contributed by atoms with E-state index in [4.69, 9.17) is 23.2 Å². The maximum Gasteiger partial charge on any atom is 0.253 e. The van der Waals surface area contributed by atoms with E-state index >= 15 is 0 Å². The van der Waals surface area contributed by atoms with Crippen LogP contribution < -0.4 is 0 Å². The Balaban J connectivity index is 2.03. The standard InChI is InChI=1S/C14H17BrCl2N2O/c15-12-10-11(2-3-13(12)17)14(20)19-6-1-5-18(7-4-16)8-9-19/h2-3,10H,1,4-9H2. The van der Waals surface area contributed by atoms with Crippen molar-refractivity contribution in [3.63, 3.8) is 0 Å². The van der Waals surface area contributed by atoms with Crippen LogP contribution in [0.3, 0.4) is 0 Å². The molecule has 20 heavy (non-hydrogen) atoms. The van der Waals surface area contributed by atoms with Crippen LogP contribution in [0.2, 0.25) is 5.02 Å². The van der Waals surface area contributed by atoms with Crippen molar-refractivity contribution < 1.29 is 4.79 Å². The van der Waals surface area contributed by atoms with Gasteiger partial charge in [0.25, 0.3) is 5.91 Å². The summed E-state index contributed by atoms with van der Waals surface area (Å²) in [6, 6.07) is 5.30. The first kappa shape index (κ1) is 16.1. The first-order valence-corrected chi connectivity index (χ1v) is 8.35. The quantitative estimate of drug-likeness (QED) is 0.750. The summed E-state index contributed by atoms with van der Waals surface area (Å²) >= 11 is 15.1. The van der Waals surface area contributed by atoms with E-state index in [2.05, 4.69) is 20.8 Å². The Labute approximate surface area is 138 Å². The summed E-state index contributed by atoms with van der Waals surface area (Å²) in [5.41, 5.74) is 0.673. The van der Waals surface area contributed by atoms with Gasteiger partial charge in [0.05, 0.1) is 5.02 Å². The maximum absolute atomic E-state index is 12.5. The molecule has 0 unspecified atom stereocenters. The monoisotopic (exact) mass is 378 g/mol. The lowest BCUT2D eigenvalue weighted by atomic mass is 10.2. The molecule has 0 bridgehead atoms. The van der Waals surface area contributed by atoms with Crippen LogP contribution in [0, 0.1) is 0 Å². The molecule has 6 heteroatoms. The highest BCUT2D eigenvalue weighted by Crippen LogP contribution is 2.24. The summed E-state index contributed by atoms with van der Waals surface area (Å²) in [6.07, 6.45) is 0.984. The largest absolute Gasteiger partial charge is 0.337 e. The first-order chi connectivity index (χ1) is 9.61. The molecule has 1 aliphatic rings. The van der Waals surface area contributed by atoms with Gasteiger partial charge in [0, 0.05) is 42.1 Å². The van der Waals surface area contributed by atoms with E-state index in [1.165, 1.54) is 0 Å². The molecule has 0 aromatic heterocycles. The van der Waals surface area contributed by atoms with E-state index in [9.17, 15) is 4.79 Å². The highest BCUT2D eigenvalue weighted by atomic mass is 79.9. The fraction of sp³-hybridized carbons (Fsp3) is 0.500. The number of amides is 1. The van der Waals surface area contributed by atoms with Crippen LogP contribution in [0.15, 0.2) is 22.7 Å². The summed E-state index contributed by atoms with van der Waals surface area (Å²) in [7, 11) is 0. The minimum absolute atomic E-state index is 0.0649. The third kappa shape index (κ3) is 4.10. The summed E-state index contributed by atoms with van der Waals surface area (Å²) in [6.45, 7) is 4.30. The van der Waals surface area contributed by atoms with Crippen LogP contribution in [-0.2, 0) is 0 Å². The molecule has 0 N–H and O–H groups in total. The predicted octanol–water partition coefficient (Wildman–Crippen LogP) is 3.49. The SMILES string of the molecule is O=C(c1ccc(Cl)c(Br)c1)N1CCCN(CCCl)CC1. The minimum atomic E-state index is 0.0649. The highest BCUT2D eigenvalue weighted by molar-refractivity contribution is 9.10. The van der Waals surface area contributed by atoms with E-state index in [1.54, 1.807) is 18.2 Å². The van der Waals surface area contributed by atoms with Gasteiger partial charge in [-0.05, 0) is 47.1 Å². The third-order valence-corrected chi connectivity index (χ3v) is 4.83. The van der Waals surface area contributed by atoms with Crippen LogP contribution in [0.25, 0.3) is 0 Å². The zero-order valence-electron chi connectivity index (χ0n) is 11.1. The fourth-order valence-corrected chi connectivity index (χ4v) is 3.06. The van der Waals surface area contributed by atoms with E-state index in [-0.39, 0.29) is 5.91 Å². The average Bonchev–Trinajstić information content (AvgIpc) is 2.67. The summed E-state index contributed by atoms with van der Waals surface area (Å²) < 4.78 is 0.753. The van der Waals surface area contributed by atoms with Gasteiger partial charge in [0.1, 0.15) is 0 Å². The minimum Gasteiger partial charge on any atom is -0.337 e. The first-order valence-electron chi connectivity index (χ1n) is 6.64. The molecule has 1 aromatic carbocycles. The van der Waals surface area contributed by atoms with Gasteiger partial charge in [0.2, 0.25) is 0 Å². The lowest BCUT2D eigenvalue weighted by Crippen LogP contribution is -2.35. The van der Waals surface area contributed by atoms with Crippen molar-refractivity contribution in [2.75, 3.05) is 38.6 Å². The van der Waals surface area contributed by atoms with Gasteiger partial charge < -0.3 is 9.80 Å². The number of halogens is 3. The fourth-order valence-electron chi connectivity index (χ4n) is 2.33. The van der Waals surface area contributed by atoms with Gasteiger partial charge in [-0.1, -0.05) is 11.6 Å². The lowest BCUT2D eigenvalue weighted by molar-refractivity contribution is 0.0762. The second-order valence-corrected chi connectivity index (χ2v) is 6.44. The molecule has 1 aliphatic heterocycles. The molecule has 0 spiro atoms. The van der Waals surface area contributed by atoms with E-state index in [0.717, 1.165) is 43.6 Å². The molecule has 0 aliphatic carbocycles. The van der Waals surface area contributed by atoms with Crippen LogP contribution in [0.1, 0.15) is 16.8 Å². The van der Waals surface area contributed by atoms with Crippen LogP contribution in [0.5, 0.6) is 0 Å². The van der Waals surface area contributed by atoms with Crippen molar-refractivity contribution in [2.45, 2.75) is 6.42 Å². The maximum atomic E-state index is 12.5. The molecule has 110 valence electrons. The van der Waals surface area contributed by atoms with Crippen molar-refractivity contribution in [2.24, 2.45) is 0 Å². The molecule has 1 aromatic rings. The van der Waals surface area contributed by atoms with E-state index < -0.39 is 0 Å². The molecule has 0 saturated carbocycles. The van der Waals surface area contributed by atoms with Crippen molar-refractivity contribution in [3.05, 3.63) is 33.3 Å². The summed E-state index contributed by atoms with van der Waals surface area (Å²) in [5.74, 6) is 0.702. The molecule has 2 rings (SSSR count). The molecule has 0 radical (unpaired) electrons. The summed E-state index contributed by atoms with van der Waals surface area (Å²) in [5, 5.41) is 0.616. The summed E-state index contributed by atoms with van der Waals surface area (Å²) in [4.78, 5) is 16.7. The van der Waals surface area contributed by atoms with E-state index in [0.29, 0.717) is 16.5 Å². The van der Waals surface area contributed by atoms with Crippen LogP contribution in [-0.4, -0.2) is 54.3 Å². The van der Waals surface area contributed by atoms with Gasteiger partial charge in [-0.15, -0.1) is 11.6 Å². The lowest BCUT2D eigenvalue weighted by Gasteiger charge is -2.21. The highest BCUT2D eigenvalue weighted by Gasteiger charge is 2.20. The Kier molecular flexibility index (Phi) is 6.15. The molecule has 1 amide bonds. The van der Waals surface area contributed by atoms with Crippen molar-refractivity contribution in [3.8, 4) is 0 Å². The Hall–Kier alpha value is -0.290. The number of alkyl halides is 1. The number of hydrogen-bond acceptors (Lipinski definition) is 2. The molecule has 1 fully saturated rings. The van der Waals surface area contributed by atoms with Gasteiger partial charge in [-0.2, -0.15) is 0 Å². The zero-order chi connectivity index (χ0) is 14.5. The number of benzene rings is 1. The normalized spacial score (nSPS) is 17.1. The number of carbonyl (C=O) groups excluding carboxylic acids is 1. The topological polar surface area (TPSA) is 23.6 Å². The Morgan fingerprint density at radius 1 is 1.25 bits per heavy atom. The molecule has 0 atom stereocenters. The number of rotatable bonds is 3. The Bertz CT molecular complexity index is 484. The predicted molar refractivity (Wildman–Crippen MR) is 86.8 cm³/mol. The molecule has 1 saturated heterocycles. The molecule has 1 heterocycles. The Morgan fingerprint density at radius 3 is 2.75 bits per heavy atom. The smallest absolute Gasteiger partial charge is 0.253 e. The Morgan fingerprint density at radius 2 is 2.05 bits per heavy atom. The van der Waals surface area contributed by atoms with Gasteiger partial charge in [0.15, 0.2) is 0 Å². The van der Waals surface area contributed by atoms with Crippen LogP contribution >= 0.6 is 39.1 Å². The number of nitrogens with zero attached hydrogens (tertiary/aromatic N) is 2. The number of hydrogen-bond donors (Lipinski definition) is 0.